The van der Waals surface area contributed by atoms with Gasteiger partial charge in [0, 0.05) is 12.0 Å². The predicted octanol–water partition coefficient (Wildman–Crippen LogP) is 4.83. The molecule has 21 heavy (non-hydrogen) atoms. The number of halogens is 3. The van der Waals surface area contributed by atoms with E-state index in [4.69, 9.17) is 0 Å². The monoisotopic (exact) mass is 292 g/mol. The number of hydrogen-bond acceptors (Lipinski definition) is 1. The molecule has 2 aromatic rings. The van der Waals surface area contributed by atoms with Gasteiger partial charge < -0.3 is 0 Å². The molecular weight excluding hydrogens is 277 g/mol. The Morgan fingerprint density at radius 3 is 2.29 bits per heavy atom. The number of rotatable bonds is 4. The maximum Gasteiger partial charge on any atom is 0.416 e. The van der Waals surface area contributed by atoms with Crippen LogP contribution in [0.2, 0.25) is 0 Å². The van der Waals surface area contributed by atoms with Gasteiger partial charge in [0.2, 0.25) is 0 Å². The molecule has 0 fully saturated rings. The molecule has 0 radical (unpaired) electrons. The van der Waals surface area contributed by atoms with E-state index in [1.165, 1.54) is 13.0 Å². The van der Waals surface area contributed by atoms with Crippen molar-refractivity contribution in [3.05, 3.63) is 70.8 Å². The summed E-state index contributed by atoms with van der Waals surface area (Å²) in [6.07, 6.45) is -3.51. The van der Waals surface area contributed by atoms with Crippen LogP contribution in [-0.4, -0.2) is 5.78 Å². The van der Waals surface area contributed by atoms with Crippen molar-refractivity contribution in [2.75, 3.05) is 0 Å². The van der Waals surface area contributed by atoms with Gasteiger partial charge in [-0.15, -0.1) is 0 Å². The van der Waals surface area contributed by atoms with Crippen molar-refractivity contribution in [2.45, 2.75) is 25.9 Å². The largest absolute Gasteiger partial charge is 0.416 e. The third-order valence-corrected chi connectivity index (χ3v) is 3.34. The minimum Gasteiger partial charge on any atom is -0.294 e. The molecule has 2 aromatic carbocycles. The zero-order valence-corrected chi connectivity index (χ0v) is 11.6. The van der Waals surface area contributed by atoms with E-state index >= 15 is 0 Å². The molecule has 0 heterocycles. The van der Waals surface area contributed by atoms with Crippen LogP contribution in [-0.2, 0) is 12.6 Å². The Labute approximate surface area is 121 Å². The summed E-state index contributed by atoms with van der Waals surface area (Å²) >= 11 is 0. The number of benzene rings is 2. The van der Waals surface area contributed by atoms with E-state index in [1.54, 1.807) is 0 Å². The molecule has 0 aliphatic heterocycles. The summed E-state index contributed by atoms with van der Waals surface area (Å²) in [6.45, 7) is 1.53. The van der Waals surface area contributed by atoms with Gasteiger partial charge in [-0.1, -0.05) is 36.4 Å². The summed E-state index contributed by atoms with van der Waals surface area (Å²) in [6, 6.07) is 12.8. The minimum absolute atomic E-state index is 0.134. The van der Waals surface area contributed by atoms with E-state index in [-0.39, 0.29) is 12.2 Å². The number of carbonyl (C=O) groups is 1. The van der Waals surface area contributed by atoms with E-state index < -0.39 is 11.7 Å². The fourth-order valence-electron chi connectivity index (χ4n) is 2.19. The number of Topliss-reactive ketones (excluding diaryl/α,β-unsaturated/α-hetero) is 1. The second kappa shape index (κ2) is 6.12. The molecule has 0 aromatic heterocycles. The van der Waals surface area contributed by atoms with Gasteiger partial charge in [-0.2, -0.15) is 13.2 Å². The van der Waals surface area contributed by atoms with Crippen molar-refractivity contribution < 1.29 is 18.0 Å². The van der Waals surface area contributed by atoms with Gasteiger partial charge in [-0.05, 0) is 36.6 Å². The van der Waals surface area contributed by atoms with Crippen LogP contribution in [0, 0.1) is 6.92 Å². The lowest BCUT2D eigenvalue weighted by molar-refractivity contribution is -0.137. The Balaban J connectivity index is 2.09. The van der Waals surface area contributed by atoms with Gasteiger partial charge in [0.1, 0.15) is 0 Å². The molecule has 2 rings (SSSR count). The fourth-order valence-corrected chi connectivity index (χ4v) is 2.19. The van der Waals surface area contributed by atoms with Gasteiger partial charge in [0.15, 0.2) is 5.78 Å². The summed E-state index contributed by atoms with van der Waals surface area (Å²) in [7, 11) is 0. The Kier molecular flexibility index (Phi) is 4.46. The fraction of sp³-hybridized carbons (Fsp3) is 0.235. The van der Waals surface area contributed by atoms with Gasteiger partial charge in [-0.3, -0.25) is 4.79 Å². The average Bonchev–Trinajstić information content (AvgIpc) is 2.45. The van der Waals surface area contributed by atoms with Crippen LogP contribution < -0.4 is 0 Å². The molecule has 0 spiro atoms. The summed E-state index contributed by atoms with van der Waals surface area (Å²) in [5.41, 5.74) is 1.04. The minimum atomic E-state index is -4.38. The molecule has 0 bridgehead atoms. The van der Waals surface area contributed by atoms with Crippen LogP contribution in [0.4, 0.5) is 13.2 Å². The van der Waals surface area contributed by atoms with Crippen LogP contribution in [0.15, 0.2) is 48.5 Å². The maximum absolute atomic E-state index is 12.6. The van der Waals surface area contributed by atoms with Crippen LogP contribution in [0.25, 0.3) is 0 Å². The Hall–Kier alpha value is -2.10. The Morgan fingerprint density at radius 2 is 1.71 bits per heavy atom. The van der Waals surface area contributed by atoms with Crippen LogP contribution in [0.5, 0.6) is 0 Å². The Bertz CT molecular complexity index is 630. The van der Waals surface area contributed by atoms with E-state index in [0.717, 1.165) is 17.7 Å². The molecule has 110 valence electrons. The van der Waals surface area contributed by atoms with Crippen molar-refractivity contribution in [1.82, 2.24) is 0 Å². The van der Waals surface area contributed by atoms with Crippen LogP contribution >= 0.6 is 0 Å². The third kappa shape index (κ3) is 3.94. The first-order valence-corrected chi connectivity index (χ1v) is 6.63. The molecule has 0 aliphatic carbocycles. The summed E-state index contributed by atoms with van der Waals surface area (Å²) < 4.78 is 37.8. The topological polar surface area (TPSA) is 17.1 Å². The number of hydrogen-bond donors (Lipinski definition) is 0. The van der Waals surface area contributed by atoms with Crippen molar-refractivity contribution >= 4 is 5.78 Å². The standard InChI is InChI=1S/C17H15F3O/c1-12-11-14(17(18,19)20)8-9-15(12)16(21)10-7-13-5-3-2-4-6-13/h2-6,8-9,11H,7,10H2,1H3. The average molecular weight is 292 g/mol. The van der Waals surface area contributed by atoms with Gasteiger partial charge in [-0.25, -0.2) is 0 Å². The van der Waals surface area contributed by atoms with Crippen molar-refractivity contribution in [1.29, 1.82) is 0 Å². The van der Waals surface area contributed by atoms with Gasteiger partial charge >= 0.3 is 6.18 Å². The highest BCUT2D eigenvalue weighted by Crippen LogP contribution is 2.30. The number of alkyl halides is 3. The highest BCUT2D eigenvalue weighted by Gasteiger charge is 2.30. The third-order valence-electron chi connectivity index (χ3n) is 3.34. The number of aryl methyl sites for hydroxylation is 2. The number of carbonyl (C=O) groups excluding carboxylic acids is 1. The lowest BCUT2D eigenvalue weighted by atomic mass is 9.97. The SMILES string of the molecule is Cc1cc(C(F)(F)F)ccc1C(=O)CCc1ccccc1. The molecule has 4 heteroatoms. The molecule has 1 nitrogen and oxygen atoms in total. The second-order valence-electron chi connectivity index (χ2n) is 4.94. The van der Waals surface area contributed by atoms with Crippen LogP contribution in [0.1, 0.15) is 33.5 Å². The lowest BCUT2D eigenvalue weighted by Gasteiger charge is -2.10. The molecule has 0 saturated carbocycles. The smallest absolute Gasteiger partial charge is 0.294 e. The zero-order chi connectivity index (χ0) is 15.5. The first-order valence-electron chi connectivity index (χ1n) is 6.63. The van der Waals surface area contributed by atoms with E-state index in [9.17, 15) is 18.0 Å². The molecule has 0 amide bonds. The van der Waals surface area contributed by atoms with Crippen molar-refractivity contribution in [3.8, 4) is 0 Å². The van der Waals surface area contributed by atoms with Crippen molar-refractivity contribution in [3.63, 3.8) is 0 Å². The molecule has 0 unspecified atom stereocenters. The normalized spacial score (nSPS) is 11.4. The van der Waals surface area contributed by atoms with E-state index in [0.29, 0.717) is 17.5 Å². The van der Waals surface area contributed by atoms with Crippen molar-refractivity contribution in [2.24, 2.45) is 0 Å². The first kappa shape index (κ1) is 15.3. The summed E-state index contributed by atoms with van der Waals surface area (Å²) in [4.78, 5) is 12.1. The zero-order valence-electron chi connectivity index (χ0n) is 11.6. The quantitative estimate of drug-likeness (QED) is 0.738. The molecule has 0 aliphatic rings. The van der Waals surface area contributed by atoms with Crippen LogP contribution in [0.3, 0.4) is 0 Å². The molecular formula is C17H15F3O. The predicted molar refractivity (Wildman–Crippen MR) is 75.3 cm³/mol. The summed E-state index contributed by atoms with van der Waals surface area (Å²) in [5.74, 6) is -0.134. The Morgan fingerprint density at radius 1 is 1.05 bits per heavy atom. The highest BCUT2D eigenvalue weighted by molar-refractivity contribution is 5.97. The van der Waals surface area contributed by atoms with E-state index in [2.05, 4.69) is 0 Å². The summed E-state index contributed by atoms with van der Waals surface area (Å²) in [5, 5.41) is 0. The van der Waals surface area contributed by atoms with Gasteiger partial charge in [0.25, 0.3) is 0 Å². The molecule has 0 atom stereocenters. The highest BCUT2D eigenvalue weighted by atomic mass is 19.4. The molecule has 0 N–H and O–H groups in total. The first-order chi connectivity index (χ1) is 9.88. The lowest BCUT2D eigenvalue weighted by Crippen LogP contribution is -2.08. The van der Waals surface area contributed by atoms with E-state index in [1.807, 2.05) is 30.3 Å². The number of ketones is 1. The maximum atomic E-state index is 12.6. The molecule has 0 saturated heterocycles. The second-order valence-corrected chi connectivity index (χ2v) is 4.94. The van der Waals surface area contributed by atoms with Gasteiger partial charge in [0.05, 0.1) is 5.56 Å².